The van der Waals surface area contributed by atoms with Crippen LogP contribution < -0.4 is 0 Å². The molecular weight excluding hydrogens is 368 g/mol. The van der Waals surface area contributed by atoms with E-state index in [4.69, 9.17) is 81.2 Å². The van der Waals surface area contributed by atoms with Gasteiger partial charge in [0.25, 0.3) is 0 Å². The fraction of sp³-hybridized carbons (Fsp3) is 1.00. The number of alkyl halides is 7. The minimum Gasteiger partial charge on any atom is -0.126 e. The van der Waals surface area contributed by atoms with Gasteiger partial charge in [0.15, 0.2) is 0 Å². The Morgan fingerprint density at radius 2 is 1.12 bits per heavy atom. The standard InChI is InChI=1S/C10H11Cl7/c11-1-9(2-12)4-5(14)7(16)10(9,3-13)8(17)6(4)15/h4-8H,1-3H2/t4?,5-,6-,7-,8+,10?/m1/s1. The molecule has 0 aromatic heterocycles. The molecule has 2 aliphatic rings. The molecule has 2 rings (SSSR count). The summed E-state index contributed by atoms with van der Waals surface area (Å²) in [5.74, 6) is 0.779. The van der Waals surface area contributed by atoms with Crippen molar-refractivity contribution in [3.8, 4) is 0 Å². The van der Waals surface area contributed by atoms with E-state index in [9.17, 15) is 0 Å². The van der Waals surface area contributed by atoms with Crippen LogP contribution in [0, 0.1) is 16.7 Å². The second-order valence-corrected chi connectivity index (χ2v) is 7.57. The molecular formula is C10H11Cl7. The first-order valence-electron chi connectivity index (χ1n) is 5.18. The Kier molecular flexibility index (Phi) is 4.62. The zero-order valence-electron chi connectivity index (χ0n) is 8.65. The molecule has 0 radical (unpaired) electrons. The summed E-state index contributed by atoms with van der Waals surface area (Å²) in [6.07, 6.45) is 0. The second kappa shape index (κ2) is 5.10. The first-order chi connectivity index (χ1) is 7.94. The summed E-state index contributed by atoms with van der Waals surface area (Å²) in [5.41, 5.74) is -1.10. The summed E-state index contributed by atoms with van der Waals surface area (Å²) in [6, 6.07) is 0. The van der Waals surface area contributed by atoms with Crippen molar-refractivity contribution in [1.82, 2.24) is 0 Å². The maximum Gasteiger partial charge on any atom is 0.0591 e. The van der Waals surface area contributed by atoms with Crippen molar-refractivity contribution in [3.05, 3.63) is 0 Å². The zero-order chi connectivity index (χ0) is 13.0. The third-order valence-corrected chi connectivity index (χ3v) is 8.52. The Morgan fingerprint density at radius 1 is 0.706 bits per heavy atom. The number of halogens is 7. The highest BCUT2D eigenvalue weighted by molar-refractivity contribution is 6.38. The Balaban J connectivity index is 2.60. The Labute approximate surface area is 136 Å². The van der Waals surface area contributed by atoms with Gasteiger partial charge in [-0.3, -0.25) is 0 Å². The lowest BCUT2D eigenvalue weighted by atomic mass is 9.70. The number of hydrogen-bond acceptors (Lipinski definition) is 0. The zero-order valence-corrected chi connectivity index (χ0v) is 13.9. The van der Waals surface area contributed by atoms with Crippen molar-refractivity contribution in [1.29, 1.82) is 0 Å². The minimum atomic E-state index is -0.606. The average molecular weight is 379 g/mol. The molecule has 7 heteroatoms. The lowest BCUT2D eigenvalue weighted by Crippen LogP contribution is -2.51. The number of rotatable bonds is 3. The van der Waals surface area contributed by atoms with Gasteiger partial charge < -0.3 is 0 Å². The van der Waals surface area contributed by atoms with E-state index in [0.717, 1.165) is 0 Å². The molecule has 0 nitrogen and oxygen atoms in total. The third-order valence-electron chi connectivity index (χ3n) is 4.49. The summed E-state index contributed by atoms with van der Waals surface area (Å²) in [4.78, 5) is 0. The lowest BCUT2D eigenvalue weighted by Gasteiger charge is -2.43. The van der Waals surface area contributed by atoms with E-state index in [0.29, 0.717) is 11.8 Å². The van der Waals surface area contributed by atoms with Gasteiger partial charge in [0.1, 0.15) is 0 Å². The Morgan fingerprint density at radius 3 is 1.35 bits per heavy atom. The summed E-state index contributed by atoms with van der Waals surface area (Å²) in [7, 11) is 0. The summed E-state index contributed by atoms with van der Waals surface area (Å²) in [5, 5.41) is -1.32. The molecule has 0 aromatic rings. The van der Waals surface area contributed by atoms with Crippen molar-refractivity contribution in [3.63, 3.8) is 0 Å². The molecule has 100 valence electrons. The number of hydrogen-bond donors (Lipinski definition) is 0. The maximum atomic E-state index is 6.44. The molecule has 6 atom stereocenters. The monoisotopic (exact) mass is 376 g/mol. The van der Waals surface area contributed by atoms with Crippen LogP contribution in [0.1, 0.15) is 0 Å². The minimum absolute atomic E-state index is 0.107. The highest BCUT2D eigenvalue weighted by Gasteiger charge is 2.77. The topological polar surface area (TPSA) is 0 Å². The predicted molar refractivity (Wildman–Crippen MR) is 79.1 cm³/mol. The SMILES string of the molecule is ClCC1(CCl)C2[C@@H](Cl)[C@@H](Cl)C1(CCl)[C@@H](Cl)[C@@H]2Cl. The summed E-state index contributed by atoms with van der Waals surface area (Å²) in [6.45, 7) is 0. The van der Waals surface area contributed by atoms with E-state index >= 15 is 0 Å². The molecule has 2 unspecified atom stereocenters. The van der Waals surface area contributed by atoms with Crippen LogP contribution in [0.15, 0.2) is 0 Å². The van der Waals surface area contributed by atoms with E-state index in [2.05, 4.69) is 0 Å². The van der Waals surface area contributed by atoms with Crippen molar-refractivity contribution < 1.29 is 0 Å². The molecule has 0 aliphatic heterocycles. The van der Waals surface area contributed by atoms with Gasteiger partial charge in [0.2, 0.25) is 0 Å². The largest absolute Gasteiger partial charge is 0.126 e. The lowest BCUT2D eigenvalue weighted by molar-refractivity contribution is 0.170. The van der Waals surface area contributed by atoms with Crippen LogP contribution in [0.2, 0.25) is 0 Å². The van der Waals surface area contributed by atoms with Gasteiger partial charge in [-0.25, -0.2) is 0 Å². The van der Waals surface area contributed by atoms with Gasteiger partial charge in [-0.15, -0.1) is 81.2 Å². The van der Waals surface area contributed by atoms with Gasteiger partial charge in [-0.05, 0) is 0 Å². The second-order valence-electron chi connectivity index (χ2n) is 4.82. The van der Waals surface area contributed by atoms with Gasteiger partial charge in [-0.2, -0.15) is 0 Å². The highest BCUT2D eigenvalue weighted by Crippen LogP contribution is 2.72. The van der Waals surface area contributed by atoms with Crippen LogP contribution in [0.5, 0.6) is 0 Å². The van der Waals surface area contributed by atoms with Crippen molar-refractivity contribution in [2.75, 3.05) is 17.6 Å². The van der Waals surface area contributed by atoms with Gasteiger partial charge in [0, 0.05) is 34.4 Å². The van der Waals surface area contributed by atoms with Crippen LogP contribution in [-0.4, -0.2) is 39.1 Å². The van der Waals surface area contributed by atoms with E-state index in [1.807, 2.05) is 0 Å². The van der Waals surface area contributed by atoms with E-state index < -0.39 is 10.8 Å². The molecule has 0 heterocycles. The molecule has 0 saturated heterocycles. The normalized spacial score (nSPS) is 52.1. The number of fused-ring (bicyclic) bond motifs is 2. The Bertz CT molecular complexity index is 287. The van der Waals surface area contributed by atoms with Crippen LogP contribution in [0.3, 0.4) is 0 Å². The highest BCUT2D eigenvalue weighted by atomic mass is 35.5. The van der Waals surface area contributed by atoms with Gasteiger partial charge >= 0.3 is 0 Å². The van der Waals surface area contributed by atoms with E-state index in [1.54, 1.807) is 0 Å². The van der Waals surface area contributed by atoms with E-state index in [1.165, 1.54) is 0 Å². The molecule has 0 N–H and O–H groups in total. The first kappa shape index (κ1) is 15.4. The molecule has 0 amide bonds. The molecule has 2 bridgehead atoms. The van der Waals surface area contributed by atoms with Gasteiger partial charge in [-0.1, -0.05) is 0 Å². The van der Waals surface area contributed by atoms with Crippen LogP contribution >= 0.6 is 81.2 Å². The molecule has 2 saturated carbocycles. The van der Waals surface area contributed by atoms with E-state index in [-0.39, 0.29) is 33.3 Å². The fourth-order valence-corrected chi connectivity index (χ4v) is 7.93. The quantitative estimate of drug-likeness (QED) is 0.621. The summed E-state index contributed by atoms with van der Waals surface area (Å²) >= 11 is 44.1. The Hall–Kier alpha value is 2.03. The van der Waals surface area contributed by atoms with Crippen LogP contribution in [0.4, 0.5) is 0 Å². The average Bonchev–Trinajstić information content (AvgIpc) is 2.65. The van der Waals surface area contributed by atoms with Gasteiger partial charge in [0.05, 0.1) is 21.5 Å². The summed E-state index contributed by atoms with van der Waals surface area (Å²) < 4.78 is 0. The van der Waals surface area contributed by atoms with Crippen molar-refractivity contribution in [2.45, 2.75) is 21.5 Å². The third kappa shape index (κ3) is 1.59. The molecule has 0 aromatic carbocycles. The molecule has 0 spiro atoms. The van der Waals surface area contributed by atoms with Crippen LogP contribution in [-0.2, 0) is 0 Å². The molecule has 2 aliphatic carbocycles. The van der Waals surface area contributed by atoms with Crippen LogP contribution in [0.25, 0.3) is 0 Å². The predicted octanol–water partition coefficient (Wildman–Crippen LogP) is 4.75. The fourth-order valence-electron chi connectivity index (χ4n) is 3.47. The molecule has 2 fully saturated rings. The first-order valence-corrected chi connectivity index (χ1v) is 8.53. The molecule has 17 heavy (non-hydrogen) atoms. The van der Waals surface area contributed by atoms with Crippen molar-refractivity contribution in [2.24, 2.45) is 16.7 Å². The maximum absolute atomic E-state index is 6.44. The smallest absolute Gasteiger partial charge is 0.0591 e. The van der Waals surface area contributed by atoms with Crippen molar-refractivity contribution >= 4 is 81.2 Å².